The summed E-state index contributed by atoms with van der Waals surface area (Å²) in [7, 11) is 1.94. The van der Waals surface area contributed by atoms with E-state index in [9.17, 15) is 10.1 Å². The lowest BCUT2D eigenvalue weighted by atomic mass is 10.1. The molecule has 0 amide bonds. The van der Waals surface area contributed by atoms with Gasteiger partial charge in [-0.2, -0.15) is 5.26 Å². The maximum Gasteiger partial charge on any atom is 0.150 e. The van der Waals surface area contributed by atoms with E-state index in [0.717, 1.165) is 18.5 Å². The Morgan fingerprint density at radius 2 is 2.05 bits per heavy atom. The Hall–Kier alpha value is -2.60. The summed E-state index contributed by atoms with van der Waals surface area (Å²) < 4.78 is 0. The van der Waals surface area contributed by atoms with Gasteiger partial charge in [-0.25, -0.2) is 0 Å². The molecular weight excluding hydrogens is 248 g/mol. The van der Waals surface area contributed by atoms with Crippen LogP contribution >= 0.6 is 0 Å². The normalized spacial score (nSPS) is 9.85. The minimum atomic E-state index is 0.518. The first-order valence-corrected chi connectivity index (χ1v) is 6.40. The third kappa shape index (κ3) is 3.04. The number of hydrogen-bond donors (Lipinski definition) is 0. The summed E-state index contributed by atoms with van der Waals surface area (Å²) in [5.41, 5.74) is 4.28. The summed E-state index contributed by atoms with van der Waals surface area (Å²) in [5.74, 6) is 0. The Bertz CT molecular complexity index is 671. The van der Waals surface area contributed by atoms with Crippen LogP contribution in [0, 0.1) is 18.3 Å². The van der Waals surface area contributed by atoms with Crippen LogP contribution in [0.3, 0.4) is 0 Å². The second-order valence-electron chi connectivity index (χ2n) is 4.85. The van der Waals surface area contributed by atoms with Crippen molar-refractivity contribution >= 4 is 12.0 Å². The largest absolute Gasteiger partial charge is 0.369 e. The van der Waals surface area contributed by atoms with Gasteiger partial charge in [-0.15, -0.1) is 0 Å². The van der Waals surface area contributed by atoms with E-state index in [1.165, 1.54) is 11.1 Å². The SMILES string of the molecule is Cc1cccc(CN(C)c2ccc(C=O)cc2C#N)c1. The molecule has 0 aliphatic carbocycles. The van der Waals surface area contributed by atoms with Crippen molar-refractivity contribution in [1.82, 2.24) is 0 Å². The smallest absolute Gasteiger partial charge is 0.150 e. The van der Waals surface area contributed by atoms with E-state index in [0.29, 0.717) is 11.1 Å². The van der Waals surface area contributed by atoms with Gasteiger partial charge in [-0.1, -0.05) is 29.8 Å². The fraction of sp³-hybridized carbons (Fsp3) is 0.176. The van der Waals surface area contributed by atoms with Gasteiger partial charge in [0.1, 0.15) is 12.4 Å². The number of benzene rings is 2. The quantitative estimate of drug-likeness (QED) is 0.796. The zero-order valence-electron chi connectivity index (χ0n) is 11.6. The molecule has 0 atom stereocenters. The Balaban J connectivity index is 2.27. The summed E-state index contributed by atoms with van der Waals surface area (Å²) in [6.07, 6.45) is 0.755. The minimum Gasteiger partial charge on any atom is -0.369 e. The number of hydrogen-bond acceptors (Lipinski definition) is 3. The molecular formula is C17H16N2O. The van der Waals surface area contributed by atoms with Gasteiger partial charge in [0.05, 0.1) is 11.3 Å². The lowest BCUT2D eigenvalue weighted by Gasteiger charge is -2.21. The molecule has 2 aromatic rings. The number of rotatable bonds is 4. The van der Waals surface area contributed by atoms with E-state index in [1.54, 1.807) is 12.1 Å². The van der Waals surface area contributed by atoms with Crippen LogP contribution in [0.5, 0.6) is 0 Å². The molecule has 0 fully saturated rings. The second kappa shape index (κ2) is 6.03. The van der Waals surface area contributed by atoms with Crippen molar-refractivity contribution in [3.63, 3.8) is 0 Å². The van der Waals surface area contributed by atoms with Crippen molar-refractivity contribution in [3.8, 4) is 6.07 Å². The lowest BCUT2D eigenvalue weighted by molar-refractivity contribution is 0.112. The fourth-order valence-corrected chi connectivity index (χ4v) is 2.22. The Kier molecular flexibility index (Phi) is 4.17. The van der Waals surface area contributed by atoms with Crippen molar-refractivity contribution in [3.05, 3.63) is 64.7 Å². The Labute approximate surface area is 119 Å². The van der Waals surface area contributed by atoms with Crippen LogP contribution in [-0.2, 0) is 6.54 Å². The molecule has 0 N–H and O–H groups in total. The van der Waals surface area contributed by atoms with Crippen LogP contribution in [0.25, 0.3) is 0 Å². The van der Waals surface area contributed by atoms with Crippen molar-refractivity contribution in [2.45, 2.75) is 13.5 Å². The summed E-state index contributed by atoms with van der Waals surface area (Å²) in [5, 5.41) is 9.20. The molecule has 2 rings (SSSR count). The van der Waals surface area contributed by atoms with E-state index < -0.39 is 0 Å². The highest BCUT2D eigenvalue weighted by molar-refractivity contribution is 5.78. The minimum absolute atomic E-state index is 0.518. The Morgan fingerprint density at radius 3 is 2.70 bits per heavy atom. The van der Waals surface area contributed by atoms with E-state index in [-0.39, 0.29) is 0 Å². The van der Waals surface area contributed by atoms with E-state index in [4.69, 9.17) is 0 Å². The summed E-state index contributed by atoms with van der Waals surface area (Å²) in [6.45, 7) is 2.78. The molecule has 0 aromatic heterocycles. The molecule has 0 unspecified atom stereocenters. The van der Waals surface area contributed by atoms with E-state index >= 15 is 0 Å². The van der Waals surface area contributed by atoms with Gasteiger partial charge >= 0.3 is 0 Å². The first kappa shape index (κ1) is 13.8. The van der Waals surface area contributed by atoms with Gasteiger partial charge in [0, 0.05) is 19.2 Å². The monoisotopic (exact) mass is 264 g/mol. The highest BCUT2D eigenvalue weighted by Gasteiger charge is 2.09. The maximum absolute atomic E-state index is 10.8. The van der Waals surface area contributed by atoms with Gasteiger partial charge < -0.3 is 4.90 Å². The molecule has 100 valence electrons. The summed E-state index contributed by atoms with van der Waals surface area (Å²) in [4.78, 5) is 12.8. The van der Waals surface area contributed by atoms with Crippen molar-refractivity contribution in [2.75, 3.05) is 11.9 Å². The number of nitriles is 1. The summed E-state index contributed by atoms with van der Waals surface area (Å²) >= 11 is 0. The molecule has 3 nitrogen and oxygen atoms in total. The number of carbonyl (C=O) groups excluding carboxylic acids is 1. The standard InChI is InChI=1S/C17H16N2O/c1-13-4-3-5-14(8-13)11-19(2)17-7-6-15(12-20)9-16(17)10-18/h3-9,12H,11H2,1-2H3. The number of anilines is 1. The van der Waals surface area contributed by atoms with Crippen molar-refractivity contribution in [2.24, 2.45) is 0 Å². The fourth-order valence-electron chi connectivity index (χ4n) is 2.22. The molecule has 3 heteroatoms. The highest BCUT2D eigenvalue weighted by Crippen LogP contribution is 2.21. The molecule has 20 heavy (non-hydrogen) atoms. The van der Waals surface area contributed by atoms with Crippen molar-refractivity contribution in [1.29, 1.82) is 5.26 Å². The molecule has 0 saturated carbocycles. The molecule has 0 aliphatic rings. The average molecular weight is 264 g/mol. The van der Waals surface area contributed by atoms with Gasteiger partial charge in [-0.05, 0) is 30.7 Å². The predicted molar refractivity (Wildman–Crippen MR) is 79.8 cm³/mol. The first-order chi connectivity index (χ1) is 9.63. The highest BCUT2D eigenvalue weighted by atomic mass is 16.1. The van der Waals surface area contributed by atoms with Crippen LogP contribution < -0.4 is 4.90 Å². The number of aldehydes is 1. The van der Waals surface area contributed by atoms with Crippen LogP contribution in [0.2, 0.25) is 0 Å². The van der Waals surface area contributed by atoms with Crippen molar-refractivity contribution < 1.29 is 4.79 Å². The summed E-state index contributed by atoms with van der Waals surface area (Å²) in [6, 6.07) is 15.6. The van der Waals surface area contributed by atoms with Gasteiger partial charge in [0.25, 0.3) is 0 Å². The third-order valence-electron chi connectivity index (χ3n) is 3.19. The zero-order chi connectivity index (χ0) is 14.5. The van der Waals surface area contributed by atoms with Gasteiger partial charge in [0.2, 0.25) is 0 Å². The van der Waals surface area contributed by atoms with E-state index in [1.807, 2.05) is 24.1 Å². The maximum atomic E-state index is 10.8. The van der Waals surface area contributed by atoms with Crippen LogP contribution in [0.4, 0.5) is 5.69 Å². The second-order valence-corrected chi connectivity index (χ2v) is 4.85. The number of nitrogens with zero attached hydrogens (tertiary/aromatic N) is 2. The topological polar surface area (TPSA) is 44.1 Å². The van der Waals surface area contributed by atoms with Crippen LogP contribution in [-0.4, -0.2) is 13.3 Å². The number of carbonyl (C=O) groups is 1. The molecule has 2 aromatic carbocycles. The van der Waals surface area contributed by atoms with Crippen LogP contribution in [0.1, 0.15) is 27.0 Å². The first-order valence-electron chi connectivity index (χ1n) is 6.40. The third-order valence-corrected chi connectivity index (χ3v) is 3.19. The Morgan fingerprint density at radius 1 is 1.25 bits per heavy atom. The molecule has 0 saturated heterocycles. The molecule has 0 spiro atoms. The molecule has 0 heterocycles. The average Bonchev–Trinajstić information content (AvgIpc) is 2.46. The molecule has 0 radical (unpaired) electrons. The predicted octanol–water partition coefficient (Wildman–Crippen LogP) is 3.32. The van der Waals surface area contributed by atoms with Crippen LogP contribution in [0.15, 0.2) is 42.5 Å². The molecule has 0 aliphatic heterocycles. The lowest BCUT2D eigenvalue weighted by Crippen LogP contribution is -2.17. The number of aryl methyl sites for hydroxylation is 1. The zero-order valence-corrected chi connectivity index (χ0v) is 11.6. The van der Waals surface area contributed by atoms with Gasteiger partial charge in [-0.3, -0.25) is 4.79 Å². The van der Waals surface area contributed by atoms with Gasteiger partial charge in [0.15, 0.2) is 0 Å². The molecule has 0 bridgehead atoms. The van der Waals surface area contributed by atoms with E-state index in [2.05, 4.69) is 31.2 Å².